The van der Waals surface area contributed by atoms with E-state index in [4.69, 9.17) is 0 Å². The number of aromatic nitrogens is 3. The molecule has 2 aliphatic carbocycles. The van der Waals surface area contributed by atoms with E-state index in [9.17, 15) is 18.3 Å². The van der Waals surface area contributed by atoms with Gasteiger partial charge in [-0.3, -0.25) is 0 Å². The van der Waals surface area contributed by atoms with E-state index in [2.05, 4.69) is 25.6 Å². The van der Waals surface area contributed by atoms with Crippen LogP contribution in [0.3, 0.4) is 0 Å². The molecule has 1 fully saturated rings. The number of rotatable bonds is 5. The molecule has 3 rings (SSSR count). The van der Waals surface area contributed by atoms with Crippen molar-refractivity contribution >= 4 is 17.5 Å². The standard InChI is InChI=1S/C17H24F3N5O/c1-9(2)21-15-23-14(10-5-3-6-11(26)13(10)18)24-16(25-15)22-12-7-4-8-17(12,19)20/h9,11-12,26H,3-8H2,1-2H3,(H2,21,22,23,24,25). The van der Waals surface area contributed by atoms with Crippen LogP contribution in [0.5, 0.6) is 0 Å². The van der Waals surface area contributed by atoms with Crippen LogP contribution in [-0.2, 0) is 0 Å². The van der Waals surface area contributed by atoms with Crippen molar-refractivity contribution in [3.63, 3.8) is 0 Å². The SMILES string of the molecule is CC(C)Nc1nc(NC2CCCC2(F)F)nc(C2=C(F)C(O)CCC2)n1. The van der Waals surface area contributed by atoms with Gasteiger partial charge in [-0.15, -0.1) is 0 Å². The number of hydrogen-bond donors (Lipinski definition) is 3. The fourth-order valence-electron chi connectivity index (χ4n) is 3.30. The Bertz CT molecular complexity index is 695. The first-order valence-corrected chi connectivity index (χ1v) is 9.00. The lowest BCUT2D eigenvalue weighted by molar-refractivity contribution is -0.000805. The van der Waals surface area contributed by atoms with Crippen LogP contribution in [-0.4, -0.2) is 44.2 Å². The summed E-state index contributed by atoms with van der Waals surface area (Å²) in [6, 6.07) is -1.05. The molecule has 0 amide bonds. The molecule has 3 N–H and O–H groups in total. The van der Waals surface area contributed by atoms with Gasteiger partial charge in [0.1, 0.15) is 11.9 Å². The second-order valence-electron chi connectivity index (χ2n) is 7.19. The summed E-state index contributed by atoms with van der Waals surface area (Å²) in [5.41, 5.74) is 0.208. The predicted molar refractivity (Wildman–Crippen MR) is 92.7 cm³/mol. The summed E-state index contributed by atoms with van der Waals surface area (Å²) < 4.78 is 42.2. The van der Waals surface area contributed by atoms with Crippen molar-refractivity contribution in [2.75, 3.05) is 10.6 Å². The molecular weight excluding hydrogens is 347 g/mol. The molecule has 0 aromatic carbocycles. The fourth-order valence-corrected chi connectivity index (χ4v) is 3.30. The quantitative estimate of drug-likeness (QED) is 0.735. The molecule has 0 spiro atoms. The Balaban J connectivity index is 1.95. The van der Waals surface area contributed by atoms with E-state index >= 15 is 0 Å². The minimum Gasteiger partial charge on any atom is -0.386 e. The third-order valence-corrected chi connectivity index (χ3v) is 4.62. The first-order valence-electron chi connectivity index (χ1n) is 9.00. The molecule has 0 radical (unpaired) electrons. The van der Waals surface area contributed by atoms with Gasteiger partial charge in [0, 0.05) is 18.0 Å². The van der Waals surface area contributed by atoms with Gasteiger partial charge in [-0.2, -0.15) is 15.0 Å². The summed E-state index contributed by atoms with van der Waals surface area (Å²) in [5, 5.41) is 15.4. The Labute approximate surface area is 150 Å². The Morgan fingerprint density at radius 2 is 1.85 bits per heavy atom. The maximum Gasteiger partial charge on any atom is 0.267 e. The van der Waals surface area contributed by atoms with Gasteiger partial charge in [-0.25, -0.2) is 13.2 Å². The van der Waals surface area contributed by atoms with Gasteiger partial charge in [-0.05, 0) is 46.0 Å². The topological polar surface area (TPSA) is 83.0 Å². The van der Waals surface area contributed by atoms with Gasteiger partial charge >= 0.3 is 0 Å². The largest absolute Gasteiger partial charge is 0.386 e. The van der Waals surface area contributed by atoms with Crippen LogP contribution in [0.4, 0.5) is 25.1 Å². The minimum atomic E-state index is -2.83. The molecule has 1 saturated carbocycles. The Morgan fingerprint density at radius 3 is 2.50 bits per heavy atom. The van der Waals surface area contributed by atoms with Crippen molar-refractivity contribution < 1.29 is 18.3 Å². The van der Waals surface area contributed by atoms with Crippen LogP contribution in [0.1, 0.15) is 58.2 Å². The van der Waals surface area contributed by atoms with Gasteiger partial charge in [0.05, 0.1) is 6.04 Å². The highest BCUT2D eigenvalue weighted by Crippen LogP contribution is 2.37. The number of aliphatic hydroxyl groups excluding tert-OH is 1. The van der Waals surface area contributed by atoms with E-state index < -0.39 is 23.9 Å². The normalized spacial score (nSPS) is 25.7. The second kappa shape index (κ2) is 7.38. The van der Waals surface area contributed by atoms with Gasteiger partial charge in [-0.1, -0.05) is 0 Å². The highest BCUT2D eigenvalue weighted by Gasteiger charge is 2.44. The zero-order valence-electron chi connectivity index (χ0n) is 14.9. The second-order valence-corrected chi connectivity index (χ2v) is 7.19. The fraction of sp³-hybridized carbons (Fsp3) is 0.706. The van der Waals surface area contributed by atoms with Crippen molar-refractivity contribution in [3.05, 3.63) is 11.7 Å². The predicted octanol–water partition coefficient (Wildman–Crippen LogP) is 3.52. The maximum absolute atomic E-state index is 14.3. The number of aliphatic hydroxyl groups is 1. The summed E-state index contributed by atoms with van der Waals surface area (Å²) in [6.45, 7) is 3.76. The Morgan fingerprint density at radius 1 is 1.12 bits per heavy atom. The van der Waals surface area contributed by atoms with Crippen molar-refractivity contribution in [2.24, 2.45) is 0 Å². The minimum absolute atomic E-state index is 0.00166. The van der Waals surface area contributed by atoms with Gasteiger partial charge in [0.2, 0.25) is 11.9 Å². The average molecular weight is 371 g/mol. The third kappa shape index (κ3) is 4.08. The number of anilines is 2. The first kappa shape index (κ1) is 18.9. The van der Waals surface area contributed by atoms with Gasteiger partial charge < -0.3 is 15.7 Å². The van der Waals surface area contributed by atoms with Crippen LogP contribution in [0.25, 0.3) is 5.57 Å². The lowest BCUT2D eigenvalue weighted by Crippen LogP contribution is -2.35. The van der Waals surface area contributed by atoms with E-state index in [1.165, 1.54) is 0 Å². The molecule has 2 unspecified atom stereocenters. The van der Waals surface area contributed by atoms with E-state index in [0.29, 0.717) is 32.1 Å². The summed E-state index contributed by atoms with van der Waals surface area (Å²) in [4.78, 5) is 12.5. The number of hydrogen-bond acceptors (Lipinski definition) is 6. The molecule has 9 heteroatoms. The zero-order chi connectivity index (χ0) is 18.9. The highest BCUT2D eigenvalue weighted by atomic mass is 19.3. The molecule has 0 aliphatic heterocycles. The Kier molecular flexibility index (Phi) is 5.36. The molecule has 1 aromatic rings. The molecule has 2 aliphatic rings. The molecule has 0 bridgehead atoms. The zero-order valence-corrected chi connectivity index (χ0v) is 14.9. The number of allylic oxidation sites excluding steroid dienone is 1. The van der Waals surface area contributed by atoms with Crippen molar-refractivity contribution in [3.8, 4) is 0 Å². The lowest BCUT2D eigenvalue weighted by Gasteiger charge is -2.22. The third-order valence-electron chi connectivity index (χ3n) is 4.62. The summed E-state index contributed by atoms with van der Waals surface area (Å²) in [6.07, 6.45) is 0.719. The van der Waals surface area contributed by atoms with E-state index in [1.54, 1.807) is 0 Å². The van der Waals surface area contributed by atoms with Crippen molar-refractivity contribution in [2.45, 2.75) is 76.5 Å². The van der Waals surface area contributed by atoms with E-state index in [-0.39, 0.29) is 35.8 Å². The average Bonchev–Trinajstić information content (AvgIpc) is 2.87. The molecule has 1 aromatic heterocycles. The van der Waals surface area contributed by atoms with Crippen LogP contribution in [0.2, 0.25) is 0 Å². The van der Waals surface area contributed by atoms with Crippen molar-refractivity contribution in [1.82, 2.24) is 15.0 Å². The summed E-state index contributed by atoms with van der Waals surface area (Å²) in [5.74, 6) is -3.23. The summed E-state index contributed by atoms with van der Waals surface area (Å²) in [7, 11) is 0. The lowest BCUT2D eigenvalue weighted by atomic mass is 9.96. The molecule has 144 valence electrons. The molecule has 1 heterocycles. The molecule has 26 heavy (non-hydrogen) atoms. The smallest absolute Gasteiger partial charge is 0.267 e. The number of nitrogens with one attached hydrogen (secondary N) is 2. The van der Waals surface area contributed by atoms with Crippen LogP contribution in [0.15, 0.2) is 5.83 Å². The number of nitrogens with zero attached hydrogens (tertiary/aromatic N) is 3. The van der Waals surface area contributed by atoms with E-state index in [1.807, 2.05) is 13.8 Å². The molecule has 6 nitrogen and oxygen atoms in total. The van der Waals surface area contributed by atoms with Crippen LogP contribution < -0.4 is 10.6 Å². The van der Waals surface area contributed by atoms with Crippen molar-refractivity contribution in [1.29, 1.82) is 0 Å². The Hall–Kier alpha value is -1.90. The number of alkyl halides is 2. The molecule has 0 saturated heterocycles. The molecule has 2 atom stereocenters. The van der Waals surface area contributed by atoms with Crippen LogP contribution >= 0.6 is 0 Å². The van der Waals surface area contributed by atoms with Crippen LogP contribution in [0, 0.1) is 0 Å². The van der Waals surface area contributed by atoms with Gasteiger partial charge in [0.15, 0.2) is 5.82 Å². The highest BCUT2D eigenvalue weighted by molar-refractivity contribution is 5.65. The first-order chi connectivity index (χ1) is 12.3. The molecular formula is C17H24F3N5O. The summed E-state index contributed by atoms with van der Waals surface area (Å²) >= 11 is 0. The monoisotopic (exact) mass is 371 g/mol. The maximum atomic E-state index is 14.3. The van der Waals surface area contributed by atoms with Gasteiger partial charge in [0.25, 0.3) is 5.92 Å². The van der Waals surface area contributed by atoms with E-state index in [0.717, 1.165) is 0 Å². The number of halogens is 3.